The highest BCUT2D eigenvalue weighted by Gasteiger charge is 2.17. The fourth-order valence-electron chi connectivity index (χ4n) is 4.29. The van der Waals surface area contributed by atoms with Crippen LogP contribution < -0.4 is 0 Å². The van der Waals surface area contributed by atoms with Crippen LogP contribution in [-0.2, 0) is 13.6 Å². The van der Waals surface area contributed by atoms with E-state index in [1.807, 2.05) is 67.0 Å². The van der Waals surface area contributed by atoms with Crippen molar-refractivity contribution in [3.63, 3.8) is 0 Å². The molecule has 3 heterocycles. The molecule has 0 atom stereocenters. The highest BCUT2D eigenvalue weighted by Crippen LogP contribution is 2.32. The van der Waals surface area contributed by atoms with Crippen molar-refractivity contribution in [3.05, 3.63) is 90.1 Å². The molecule has 7 nitrogen and oxygen atoms in total. The summed E-state index contributed by atoms with van der Waals surface area (Å²) in [5, 5.41) is 14.0. The first kappa shape index (κ1) is 18.5. The van der Waals surface area contributed by atoms with E-state index in [2.05, 4.69) is 49.7 Å². The van der Waals surface area contributed by atoms with E-state index in [0.717, 1.165) is 39.1 Å². The number of hydrogen-bond acceptors (Lipinski definition) is 4. The normalized spacial score (nSPS) is 12.1. The van der Waals surface area contributed by atoms with Gasteiger partial charge in [0.1, 0.15) is 0 Å². The van der Waals surface area contributed by atoms with Gasteiger partial charge in [0.15, 0.2) is 11.3 Å². The first-order valence-electron chi connectivity index (χ1n) is 10.5. The third-order valence-corrected chi connectivity index (χ3v) is 5.85. The molecule has 3 aromatic heterocycles. The Hall–Kier alpha value is -4.26. The third-order valence-electron chi connectivity index (χ3n) is 5.85. The van der Waals surface area contributed by atoms with E-state index < -0.39 is 0 Å². The molecule has 6 aromatic rings. The molecule has 0 aliphatic heterocycles. The molecule has 0 aliphatic rings. The Kier molecular flexibility index (Phi) is 4.14. The van der Waals surface area contributed by atoms with Crippen molar-refractivity contribution in [2.24, 2.45) is 17.3 Å². The minimum atomic E-state index is 0.576. The maximum absolute atomic E-state index is 4.75. The standard InChI is InChI=1S/C25H21N7/c1-17-23(24-30(2)21-14-8-9-15-22(21)32(24)29-17)27-28-25-26-19-12-6-7-13-20(19)31(25)16-18-10-4-3-5-11-18/h3-15H,16H2,1-2H3. The lowest BCUT2D eigenvalue weighted by molar-refractivity contribution is 0.816. The van der Waals surface area contributed by atoms with E-state index in [1.165, 1.54) is 5.56 Å². The van der Waals surface area contributed by atoms with Crippen molar-refractivity contribution in [1.29, 1.82) is 0 Å². The molecule has 0 radical (unpaired) electrons. The Bertz CT molecular complexity index is 1620. The summed E-state index contributed by atoms with van der Waals surface area (Å²) in [6.45, 7) is 2.63. The molecule has 0 amide bonds. The SMILES string of the molecule is Cc1nn2c3ccccc3n(C)c2c1N=Nc1nc2ccccc2n1Cc1ccccc1. The lowest BCUT2D eigenvalue weighted by Gasteiger charge is -2.06. The number of nitrogens with zero attached hydrogens (tertiary/aromatic N) is 7. The van der Waals surface area contributed by atoms with Crippen molar-refractivity contribution in [2.45, 2.75) is 13.5 Å². The number of azo groups is 1. The Labute approximate surface area is 184 Å². The number of aromatic nitrogens is 5. The van der Waals surface area contributed by atoms with E-state index in [1.54, 1.807) is 0 Å². The van der Waals surface area contributed by atoms with Gasteiger partial charge in [-0.1, -0.05) is 54.6 Å². The maximum atomic E-state index is 4.75. The van der Waals surface area contributed by atoms with Crippen molar-refractivity contribution in [1.82, 2.24) is 23.7 Å². The van der Waals surface area contributed by atoms with Crippen molar-refractivity contribution < 1.29 is 0 Å². The highest BCUT2D eigenvalue weighted by molar-refractivity contribution is 5.86. The lowest BCUT2D eigenvalue weighted by atomic mass is 10.2. The fourth-order valence-corrected chi connectivity index (χ4v) is 4.29. The average Bonchev–Trinajstić information content (AvgIpc) is 3.43. The van der Waals surface area contributed by atoms with Crippen molar-refractivity contribution in [2.75, 3.05) is 0 Å². The van der Waals surface area contributed by atoms with Crippen LogP contribution in [-0.4, -0.2) is 23.7 Å². The molecule has 0 fully saturated rings. The summed E-state index contributed by atoms with van der Waals surface area (Å²) in [6, 6.07) is 26.6. The van der Waals surface area contributed by atoms with Gasteiger partial charge in [0.05, 0.1) is 34.3 Å². The number of hydrogen-bond donors (Lipinski definition) is 0. The van der Waals surface area contributed by atoms with Crippen molar-refractivity contribution in [3.8, 4) is 0 Å². The smallest absolute Gasteiger partial charge is 0.250 e. The number of imidazole rings is 2. The van der Waals surface area contributed by atoms with Crippen LogP contribution in [0.25, 0.3) is 27.7 Å². The topological polar surface area (TPSA) is 64.8 Å². The van der Waals surface area contributed by atoms with Gasteiger partial charge in [-0.15, -0.1) is 10.2 Å². The minimum absolute atomic E-state index is 0.576. The monoisotopic (exact) mass is 419 g/mol. The zero-order valence-electron chi connectivity index (χ0n) is 17.8. The Balaban J connectivity index is 1.50. The Morgan fingerprint density at radius 1 is 0.781 bits per heavy atom. The quantitative estimate of drug-likeness (QED) is 0.332. The zero-order chi connectivity index (χ0) is 21.7. The van der Waals surface area contributed by atoms with Crippen LogP contribution in [0.3, 0.4) is 0 Å². The number of aryl methyl sites for hydroxylation is 2. The van der Waals surface area contributed by atoms with Crippen LogP contribution in [0.4, 0.5) is 11.6 Å². The number of fused-ring (bicyclic) bond motifs is 4. The van der Waals surface area contributed by atoms with Gasteiger partial charge in [-0.3, -0.25) is 0 Å². The summed E-state index contributed by atoms with van der Waals surface area (Å²) >= 11 is 0. The van der Waals surface area contributed by atoms with Crippen LogP contribution >= 0.6 is 0 Å². The molecule has 3 aromatic carbocycles. The molecular weight excluding hydrogens is 398 g/mol. The molecule has 32 heavy (non-hydrogen) atoms. The largest absolute Gasteiger partial charge is 0.326 e. The van der Waals surface area contributed by atoms with Crippen molar-refractivity contribution >= 4 is 39.3 Å². The van der Waals surface area contributed by atoms with Crippen LogP contribution in [0.5, 0.6) is 0 Å². The van der Waals surface area contributed by atoms with Gasteiger partial charge in [0.2, 0.25) is 0 Å². The highest BCUT2D eigenvalue weighted by atomic mass is 15.3. The van der Waals surface area contributed by atoms with E-state index >= 15 is 0 Å². The molecule has 6 rings (SSSR count). The molecule has 0 bridgehead atoms. The molecule has 0 spiro atoms. The molecule has 7 heteroatoms. The van der Waals surface area contributed by atoms with Crippen LogP contribution in [0, 0.1) is 6.92 Å². The second-order valence-electron chi connectivity index (χ2n) is 7.89. The predicted molar refractivity (Wildman–Crippen MR) is 126 cm³/mol. The summed E-state index contributed by atoms with van der Waals surface area (Å²) in [5.74, 6) is 0.576. The van der Waals surface area contributed by atoms with E-state index in [0.29, 0.717) is 12.5 Å². The fraction of sp³-hybridized carbons (Fsp3) is 0.120. The molecule has 0 saturated heterocycles. The summed E-state index contributed by atoms with van der Waals surface area (Å²) < 4.78 is 6.15. The molecule has 0 saturated carbocycles. The first-order chi connectivity index (χ1) is 15.7. The van der Waals surface area contributed by atoms with Gasteiger partial charge in [-0.25, -0.2) is 9.50 Å². The van der Waals surface area contributed by atoms with Crippen LogP contribution in [0.2, 0.25) is 0 Å². The number of benzene rings is 3. The lowest BCUT2D eigenvalue weighted by Crippen LogP contribution is -1.98. The van der Waals surface area contributed by atoms with Gasteiger partial charge in [0, 0.05) is 7.05 Å². The number of para-hydroxylation sites is 4. The van der Waals surface area contributed by atoms with Gasteiger partial charge in [-0.2, -0.15) is 5.10 Å². The molecule has 156 valence electrons. The average molecular weight is 419 g/mol. The number of rotatable bonds is 4. The van der Waals surface area contributed by atoms with Crippen LogP contribution in [0.15, 0.2) is 89.1 Å². The van der Waals surface area contributed by atoms with Gasteiger partial charge in [0.25, 0.3) is 5.95 Å². The minimum Gasteiger partial charge on any atom is -0.326 e. The maximum Gasteiger partial charge on any atom is 0.250 e. The third kappa shape index (κ3) is 2.82. The zero-order valence-corrected chi connectivity index (χ0v) is 17.8. The Morgan fingerprint density at radius 2 is 1.47 bits per heavy atom. The molecular formula is C25H21N7. The predicted octanol–water partition coefficient (Wildman–Crippen LogP) is 5.95. The van der Waals surface area contributed by atoms with E-state index in [4.69, 9.17) is 10.1 Å². The summed E-state index contributed by atoms with van der Waals surface area (Å²) in [7, 11) is 2.03. The second-order valence-corrected chi connectivity index (χ2v) is 7.89. The molecule has 0 unspecified atom stereocenters. The van der Waals surface area contributed by atoms with E-state index in [9.17, 15) is 0 Å². The summed E-state index contributed by atoms with van der Waals surface area (Å²) in [6.07, 6.45) is 0. The van der Waals surface area contributed by atoms with Gasteiger partial charge >= 0.3 is 0 Å². The molecule has 0 N–H and O–H groups in total. The second kappa shape index (κ2) is 7.16. The first-order valence-corrected chi connectivity index (χ1v) is 10.5. The summed E-state index contributed by atoms with van der Waals surface area (Å²) in [5.41, 5.74) is 7.76. The molecule has 0 aliphatic carbocycles. The van der Waals surface area contributed by atoms with Gasteiger partial charge < -0.3 is 9.13 Å². The van der Waals surface area contributed by atoms with Crippen LogP contribution in [0.1, 0.15) is 11.3 Å². The summed E-state index contributed by atoms with van der Waals surface area (Å²) in [4.78, 5) is 4.75. The Morgan fingerprint density at radius 3 is 2.28 bits per heavy atom. The van der Waals surface area contributed by atoms with E-state index in [-0.39, 0.29) is 0 Å². The van der Waals surface area contributed by atoms with Gasteiger partial charge in [-0.05, 0) is 36.8 Å².